The summed E-state index contributed by atoms with van der Waals surface area (Å²) >= 11 is 1.67. The lowest BCUT2D eigenvalue weighted by molar-refractivity contribution is -0.121. The zero-order valence-corrected chi connectivity index (χ0v) is 13.1. The summed E-state index contributed by atoms with van der Waals surface area (Å²) in [5.41, 5.74) is 0.704. The fourth-order valence-corrected chi connectivity index (χ4v) is 2.87. The first-order valence-electron chi connectivity index (χ1n) is 7.19. The number of hydrogen-bond donors (Lipinski definition) is 1. The maximum Gasteiger partial charge on any atom is 0.220 e. The van der Waals surface area contributed by atoms with E-state index in [1.165, 1.54) is 0 Å². The zero-order chi connectivity index (χ0) is 15.1. The van der Waals surface area contributed by atoms with Gasteiger partial charge in [-0.2, -0.15) is 10.2 Å². The monoisotopic (exact) mass is 304 g/mol. The van der Waals surface area contributed by atoms with Gasteiger partial charge in [-0.3, -0.25) is 4.79 Å². The van der Waals surface area contributed by atoms with Gasteiger partial charge in [0.2, 0.25) is 5.91 Å². The van der Waals surface area contributed by atoms with E-state index in [2.05, 4.69) is 26.4 Å². The van der Waals surface area contributed by atoms with Crippen LogP contribution in [-0.2, 0) is 11.2 Å². The highest BCUT2D eigenvalue weighted by atomic mass is 32.1. The minimum absolute atomic E-state index is 0.0581. The SMILES string of the molecule is C#CCCC1(CCC(=O)NCCCc2nc(C)cs2)N=N1. The Morgan fingerprint density at radius 2 is 2.29 bits per heavy atom. The summed E-state index contributed by atoms with van der Waals surface area (Å²) in [7, 11) is 0. The highest BCUT2D eigenvalue weighted by Crippen LogP contribution is 2.37. The average Bonchev–Trinajstić information content (AvgIpc) is 3.14. The molecule has 0 fully saturated rings. The van der Waals surface area contributed by atoms with Gasteiger partial charge < -0.3 is 5.32 Å². The second kappa shape index (κ2) is 7.32. The van der Waals surface area contributed by atoms with E-state index >= 15 is 0 Å². The Hall–Kier alpha value is -1.74. The number of aromatic nitrogens is 1. The third kappa shape index (κ3) is 5.27. The zero-order valence-electron chi connectivity index (χ0n) is 12.3. The van der Waals surface area contributed by atoms with E-state index in [0.717, 1.165) is 30.0 Å². The van der Waals surface area contributed by atoms with Crippen molar-refractivity contribution < 1.29 is 4.79 Å². The van der Waals surface area contributed by atoms with E-state index in [9.17, 15) is 4.79 Å². The van der Waals surface area contributed by atoms with Crippen molar-refractivity contribution in [3.8, 4) is 12.3 Å². The van der Waals surface area contributed by atoms with E-state index in [4.69, 9.17) is 6.42 Å². The predicted molar refractivity (Wildman–Crippen MR) is 83.1 cm³/mol. The van der Waals surface area contributed by atoms with Crippen LogP contribution < -0.4 is 5.32 Å². The molecule has 0 aliphatic carbocycles. The van der Waals surface area contributed by atoms with Crippen LogP contribution in [0.5, 0.6) is 0 Å². The maximum absolute atomic E-state index is 11.8. The molecule has 1 aliphatic rings. The molecule has 0 atom stereocenters. The number of amides is 1. The molecule has 0 spiro atoms. The second-order valence-corrected chi connectivity index (χ2v) is 6.17. The van der Waals surface area contributed by atoms with Crippen molar-refractivity contribution in [1.82, 2.24) is 10.3 Å². The third-order valence-corrected chi connectivity index (χ3v) is 4.39. The van der Waals surface area contributed by atoms with Crippen molar-refractivity contribution in [2.24, 2.45) is 10.2 Å². The summed E-state index contributed by atoms with van der Waals surface area (Å²) in [6.07, 6.45) is 9.57. The smallest absolute Gasteiger partial charge is 0.220 e. The van der Waals surface area contributed by atoms with Crippen molar-refractivity contribution in [1.29, 1.82) is 0 Å². The number of nitrogens with zero attached hydrogens (tertiary/aromatic N) is 3. The molecule has 0 saturated carbocycles. The molecule has 2 heterocycles. The van der Waals surface area contributed by atoms with Crippen LogP contribution >= 0.6 is 11.3 Å². The van der Waals surface area contributed by atoms with Gasteiger partial charge in [-0.05, 0) is 13.3 Å². The molecule has 1 aromatic rings. The molecule has 2 rings (SSSR count). The number of hydrogen-bond acceptors (Lipinski definition) is 5. The fraction of sp³-hybridized carbons (Fsp3) is 0.600. The Balaban J connectivity index is 1.55. The summed E-state index contributed by atoms with van der Waals surface area (Å²) in [6, 6.07) is 0. The van der Waals surface area contributed by atoms with Gasteiger partial charge in [0.05, 0.1) is 5.01 Å². The van der Waals surface area contributed by atoms with Gasteiger partial charge >= 0.3 is 0 Å². The normalized spacial score (nSPS) is 14.7. The van der Waals surface area contributed by atoms with Crippen LogP contribution in [0.25, 0.3) is 0 Å². The minimum atomic E-state index is -0.359. The molecule has 0 aromatic carbocycles. The molecule has 1 N–H and O–H groups in total. The van der Waals surface area contributed by atoms with Crippen molar-refractivity contribution in [3.05, 3.63) is 16.1 Å². The van der Waals surface area contributed by atoms with Crippen LogP contribution in [-0.4, -0.2) is 23.1 Å². The topological polar surface area (TPSA) is 66.7 Å². The number of thiazole rings is 1. The molecule has 1 aliphatic heterocycles. The predicted octanol–water partition coefficient (Wildman–Crippen LogP) is 2.86. The first-order valence-corrected chi connectivity index (χ1v) is 8.07. The van der Waals surface area contributed by atoms with E-state index < -0.39 is 0 Å². The molecular formula is C15H20N4OS. The van der Waals surface area contributed by atoms with Crippen LogP contribution in [0.15, 0.2) is 15.6 Å². The van der Waals surface area contributed by atoms with Gasteiger partial charge in [0, 0.05) is 49.7 Å². The Labute approximate surface area is 129 Å². The Bertz CT molecular complexity index is 552. The van der Waals surface area contributed by atoms with Gasteiger partial charge in [0.15, 0.2) is 5.66 Å². The highest BCUT2D eigenvalue weighted by Gasteiger charge is 2.39. The van der Waals surface area contributed by atoms with Crippen LogP contribution in [0.3, 0.4) is 0 Å². The first kappa shape index (κ1) is 15.6. The second-order valence-electron chi connectivity index (χ2n) is 5.22. The molecule has 1 aromatic heterocycles. The fourth-order valence-electron chi connectivity index (χ4n) is 2.06. The van der Waals surface area contributed by atoms with E-state index in [0.29, 0.717) is 25.8 Å². The average molecular weight is 304 g/mol. The summed E-state index contributed by atoms with van der Waals surface area (Å²) in [5, 5.41) is 14.2. The Kier molecular flexibility index (Phi) is 5.45. The molecule has 0 radical (unpaired) electrons. The number of rotatable bonds is 9. The van der Waals surface area contributed by atoms with E-state index in [-0.39, 0.29) is 11.6 Å². The third-order valence-electron chi connectivity index (χ3n) is 3.36. The largest absolute Gasteiger partial charge is 0.356 e. The minimum Gasteiger partial charge on any atom is -0.356 e. The molecule has 6 heteroatoms. The first-order chi connectivity index (χ1) is 10.1. The lowest BCUT2D eigenvalue weighted by Crippen LogP contribution is -2.26. The van der Waals surface area contributed by atoms with E-state index in [1.54, 1.807) is 11.3 Å². The molecule has 21 heavy (non-hydrogen) atoms. The van der Waals surface area contributed by atoms with Crippen LogP contribution in [0.4, 0.5) is 0 Å². The summed E-state index contributed by atoms with van der Waals surface area (Å²) in [5.74, 6) is 2.64. The summed E-state index contributed by atoms with van der Waals surface area (Å²) in [4.78, 5) is 16.2. The molecule has 0 unspecified atom stereocenters. The lowest BCUT2D eigenvalue weighted by Gasteiger charge is -2.08. The van der Waals surface area contributed by atoms with Crippen molar-refractivity contribution in [2.75, 3.05) is 6.54 Å². The van der Waals surface area contributed by atoms with Gasteiger partial charge in [-0.25, -0.2) is 4.98 Å². The Morgan fingerprint density at radius 1 is 1.48 bits per heavy atom. The lowest BCUT2D eigenvalue weighted by atomic mass is 10.0. The van der Waals surface area contributed by atoms with E-state index in [1.807, 2.05) is 12.3 Å². The van der Waals surface area contributed by atoms with Gasteiger partial charge in [-0.15, -0.1) is 23.7 Å². The van der Waals surface area contributed by atoms with Crippen LogP contribution in [0, 0.1) is 19.3 Å². The van der Waals surface area contributed by atoms with Crippen molar-refractivity contribution in [2.45, 2.75) is 51.1 Å². The Morgan fingerprint density at radius 3 is 2.90 bits per heavy atom. The summed E-state index contributed by atoms with van der Waals surface area (Å²) < 4.78 is 0. The molecule has 0 bridgehead atoms. The molecule has 112 valence electrons. The number of carbonyl (C=O) groups is 1. The number of terminal acetylenes is 1. The molecule has 1 amide bonds. The van der Waals surface area contributed by atoms with Crippen LogP contribution in [0.2, 0.25) is 0 Å². The molecular weight excluding hydrogens is 284 g/mol. The number of aryl methyl sites for hydroxylation is 2. The number of nitrogens with one attached hydrogen (secondary N) is 1. The summed E-state index contributed by atoms with van der Waals surface area (Å²) in [6.45, 7) is 2.68. The quantitative estimate of drug-likeness (QED) is 0.563. The van der Waals surface area contributed by atoms with Crippen LogP contribution in [0.1, 0.15) is 42.8 Å². The highest BCUT2D eigenvalue weighted by molar-refractivity contribution is 7.09. The maximum atomic E-state index is 11.8. The van der Waals surface area contributed by atoms with Crippen molar-refractivity contribution in [3.63, 3.8) is 0 Å². The van der Waals surface area contributed by atoms with Crippen molar-refractivity contribution >= 4 is 17.2 Å². The number of carbonyl (C=O) groups excluding carboxylic acids is 1. The standard InChI is InChI=1S/C15H20N4OS/c1-3-4-8-15(18-19-15)9-7-13(20)16-10-5-6-14-17-12(2)11-21-14/h1,11H,4-10H2,2H3,(H,16,20). The molecule has 0 saturated heterocycles. The van der Waals surface area contributed by atoms with Gasteiger partial charge in [0.25, 0.3) is 0 Å². The molecule has 5 nitrogen and oxygen atoms in total. The van der Waals surface area contributed by atoms with Gasteiger partial charge in [0.1, 0.15) is 0 Å². The van der Waals surface area contributed by atoms with Gasteiger partial charge in [-0.1, -0.05) is 0 Å².